The highest BCUT2D eigenvalue weighted by Gasteiger charge is 2.41. The Kier molecular flexibility index (Phi) is 6.51. The summed E-state index contributed by atoms with van der Waals surface area (Å²) in [6.45, 7) is 4.78. The van der Waals surface area contributed by atoms with E-state index in [1.54, 1.807) is 0 Å². The van der Waals surface area contributed by atoms with E-state index < -0.39 is 20.8 Å². The largest absolute Gasteiger partial charge is 0.373 e. The van der Waals surface area contributed by atoms with E-state index in [1.807, 2.05) is 18.7 Å². The summed E-state index contributed by atoms with van der Waals surface area (Å²) in [4.78, 5) is 24.5. The molecule has 0 aliphatic carbocycles. The van der Waals surface area contributed by atoms with Crippen molar-refractivity contribution in [3.8, 4) is 0 Å². The van der Waals surface area contributed by atoms with Gasteiger partial charge in [-0.2, -0.15) is 0 Å². The number of ether oxygens (including phenoxy) is 1. The SMILES string of the molecule is C[C@@H]1CN([C@@H](NC(=O)c2ccc([N+](=O)[O-])cc2)C(Cl)(Cl)Cl)C[C@H](C)O1. The molecule has 1 saturated heterocycles. The van der Waals surface area contributed by atoms with Gasteiger partial charge < -0.3 is 10.1 Å². The van der Waals surface area contributed by atoms with Crippen molar-refractivity contribution in [1.82, 2.24) is 10.2 Å². The Balaban J connectivity index is 2.16. The number of amides is 1. The second kappa shape index (κ2) is 8.05. The van der Waals surface area contributed by atoms with Gasteiger partial charge in [0.1, 0.15) is 6.17 Å². The van der Waals surface area contributed by atoms with E-state index in [0.717, 1.165) is 0 Å². The average molecular weight is 411 g/mol. The van der Waals surface area contributed by atoms with E-state index in [-0.39, 0.29) is 23.5 Å². The summed E-state index contributed by atoms with van der Waals surface area (Å²) in [5.74, 6) is -0.488. The summed E-state index contributed by atoms with van der Waals surface area (Å²) >= 11 is 18.2. The lowest BCUT2D eigenvalue weighted by Crippen LogP contribution is -2.60. The number of halogens is 3. The fourth-order valence-corrected chi connectivity index (χ4v) is 3.33. The molecule has 0 spiro atoms. The number of alkyl halides is 3. The van der Waals surface area contributed by atoms with Gasteiger partial charge in [0.05, 0.1) is 17.1 Å². The minimum Gasteiger partial charge on any atom is -0.373 e. The van der Waals surface area contributed by atoms with Crippen molar-refractivity contribution in [2.75, 3.05) is 13.1 Å². The zero-order chi connectivity index (χ0) is 18.8. The van der Waals surface area contributed by atoms with Crippen LogP contribution in [0.3, 0.4) is 0 Å². The van der Waals surface area contributed by atoms with Crippen LogP contribution in [0, 0.1) is 10.1 Å². The average Bonchev–Trinajstić information content (AvgIpc) is 2.50. The maximum atomic E-state index is 12.5. The van der Waals surface area contributed by atoms with Crippen molar-refractivity contribution in [3.05, 3.63) is 39.9 Å². The molecular formula is C15H18Cl3N3O4. The molecule has 2 rings (SSSR count). The first-order valence-electron chi connectivity index (χ1n) is 7.59. The number of hydrogen-bond acceptors (Lipinski definition) is 5. The van der Waals surface area contributed by atoms with Gasteiger partial charge in [0, 0.05) is 30.8 Å². The van der Waals surface area contributed by atoms with Gasteiger partial charge in [-0.1, -0.05) is 34.8 Å². The highest BCUT2D eigenvalue weighted by Crippen LogP contribution is 2.33. The van der Waals surface area contributed by atoms with Crippen LogP contribution < -0.4 is 5.32 Å². The third-order valence-corrected chi connectivity index (χ3v) is 4.35. The number of non-ortho nitro benzene ring substituents is 1. The molecule has 1 fully saturated rings. The molecule has 7 nitrogen and oxygen atoms in total. The Labute approximate surface area is 160 Å². The molecule has 0 radical (unpaired) electrons. The number of hydrogen-bond donors (Lipinski definition) is 1. The van der Waals surface area contributed by atoms with E-state index in [2.05, 4.69) is 5.32 Å². The molecule has 25 heavy (non-hydrogen) atoms. The Hall–Kier alpha value is -1.12. The lowest BCUT2D eigenvalue weighted by atomic mass is 10.2. The topological polar surface area (TPSA) is 84.7 Å². The third kappa shape index (κ3) is 5.43. The summed E-state index contributed by atoms with van der Waals surface area (Å²) in [6.07, 6.45) is -1.02. The molecular weight excluding hydrogens is 393 g/mol. The standard InChI is InChI=1S/C15H18Cl3N3O4/c1-9-7-20(8-10(2)25-9)14(15(16,17)18)19-13(22)11-3-5-12(6-4-11)21(23)24/h3-6,9-10,14H,7-8H2,1-2H3,(H,19,22)/t9-,10+,14-/m1/s1. The summed E-state index contributed by atoms with van der Waals surface area (Å²) in [5.41, 5.74) is 0.129. The maximum Gasteiger partial charge on any atom is 0.269 e. The normalized spacial score (nSPS) is 23.1. The van der Waals surface area contributed by atoms with Crippen molar-refractivity contribution >= 4 is 46.4 Å². The van der Waals surface area contributed by atoms with Gasteiger partial charge >= 0.3 is 0 Å². The minimum absolute atomic E-state index is 0.0742. The Bertz CT molecular complexity index is 626. The number of nitro groups is 1. The molecule has 10 heteroatoms. The molecule has 1 aliphatic heterocycles. The van der Waals surface area contributed by atoms with Crippen LogP contribution in [0.15, 0.2) is 24.3 Å². The van der Waals surface area contributed by atoms with Crippen LogP contribution in [-0.2, 0) is 4.74 Å². The van der Waals surface area contributed by atoms with E-state index in [4.69, 9.17) is 39.5 Å². The number of nitro benzene ring substituents is 1. The van der Waals surface area contributed by atoms with Crippen molar-refractivity contribution in [2.45, 2.75) is 36.0 Å². The van der Waals surface area contributed by atoms with Crippen LogP contribution in [0.5, 0.6) is 0 Å². The van der Waals surface area contributed by atoms with Crippen LogP contribution in [0.2, 0.25) is 0 Å². The zero-order valence-corrected chi connectivity index (χ0v) is 15.9. The number of rotatable bonds is 4. The Morgan fingerprint density at radius 3 is 2.24 bits per heavy atom. The molecule has 0 bridgehead atoms. The van der Waals surface area contributed by atoms with Crippen LogP contribution in [-0.4, -0.2) is 51.0 Å². The van der Waals surface area contributed by atoms with Gasteiger partial charge in [-0.3, -0.25) is 19.8 Å². The summed E-state index contributed by atoms with van der Waals surface area (Å²) in [5, 5.41) is 13.4. The van der Waals surface area contributed by atoms with Gasteiger partial charge in [-0.25, -0.2) is 0 Å². The predicted octanol–water partition coefficient (Wildman–Crippen LogP) is 3.13. The third-order valence-electron chi connectivity index (χ3n) is 3.73. The van der Waals surface area contributed by atoms with Gasteiger partial charge in [0.15, 0.2) is 0 Å². The van der Waals surface area contributed by atoms with Gasteiger partial charge in [0.25, 0.3) is 11.6 Å². The second-order valence-electron chi connectivity index (χ2n) is 5.93. The van der Waals surface area contributed by atoms with Gasteiger partial charge in [-0.15, -0.1) is 0 Å². The van der Waals surface area contributed by atoms with Crippen LogP contribution in [0.4, 0.5) is 5.69 Å². The van der Waals surface area contributed by atoms with E-state index in [0.29, 0.717) is 13.1 Å². The number of carbonyl (C=O) groups excluding carboxylic acids is 1. The molecule has 1 aliphatic rings. The van der Waals surface area contributed by atoms with Gasteiger partial charge in [-0.05, 0) is 26.0 Å². The molecule has 138 valence electrons. The van der Waals surface area contributed by atoms with Crippen molar-refractivity contribution in [2.24, 2.45) is 0 Å². The first kappa shape index (κ1) is 20.2. The molecule has 1 amide bonds. The van der Waals surface area contributed by atoms with Crippen molar-refractivity contribution in [3.63, 3.8) is 0 Å². The fraction of sp³-hybridized carbons (Fsp3) is 0.533. The summed E-state index contributed by atoms with van der Waals surface area (Å²) < 4.78 is 3.90. The van der Waals surface area contributed by atoms with Crippen LogP contribution in [0.25, 0.3) is 0 Å². The molecule has 1 aromatic rings. The Morgan fingerprint density at radius 2 is 1.80 bits per heavy atom. The number of nitrogens with zero attached hydrogens (tertiary/aromatic N) is 2. The first-order chi connectivity index (χ1) is 11.6. The highest BCUT2D eigenvalue weighted by molar-refractivity contribution is 6.68. The van der Waals surface area contributed by atoms with E-state index in [9.17, 15) is 14.9 Å². The van der Waals surface area contributed by atoms with E-state index in [1.165, 1.54) is 24.3 Å². The maximum absolute atomic E-state index is 12.5. The quantitative estimate of drug-likeness (QED) is 0.468. The first-order valence-corrected chi connectivity index (χ1v) is 8.73. The molecule has 0 saturated carbocycles. The lowest BCUT2D eigenvalue weighted by Gasteiger charge is -2.42. The highest BCUT2D eigenvalue weighted by atomic mass is 35.6. The van der Waals surface area contributed by atoms with Crippen LogP contribution in [0.1, 0.15) is 24.2 Å². The molecule has 1 aromatic carbocycles. The smallest absolute Gasteiger partial charge is 0.269 e. The fourth-order valence-electron chi connectivity index (χ4n) is 2.75. The predicted molar refractivity (Wildman–Crippen MR) is 96.2 cm³/mol. The number of nitrogens with one attached hydrogen (secondary N) is 1. The van der Waals surface area contributed by atoms with Gasteiger partial charge in [0.2, 0.25) is 3.79 Å². The van der Waals surface area contributed by atoms with Crippen molar-refractivity contribution < 1.29 is 14.5 Å². The molecule has 1 N–H and O–H groups in total. The summed E-state index contributed by atoms with van der Waals surface area (Å²) in [7, 11) is 0. The zero-order valence-electron chi connectivity index (χ0n) is 13.6. The van der Waals surface area contributed by atoms with Crippen LogP contribution >= 0.6 is 34.8 Å². The monoisotopic (exact) mass is 409 g/mol. The molecule has 1 heterocycles. The minimum atomic E-state index is -1.76. The number of morpholine rings is 1. The number of benzene rings is 1. The second-order valence-corrected chi connectivity index (χ2v) is 8.30. The lowest BCUT2D eigenvalue weighted by molar-refractivity contribution is -0.384. The molecule has 0 aromatic heterocycles. The number of carbonyl (C=O) groups is 1. The molecule has 0 unspecified atom stereocenters. The molecule has 3 atom stereocenters. The summed E-state index contributed by atoms with van der Waals surface area (Å²) in [6, 6.07) is 5.21. The van der Waals surface area contributed by atoms with E-state index >= 15 is 0 Å². The Morgan fingerprint density at radius 1 is 1.28 bits per heavy atom. The van der Waals surface area contributed by atoms with Crippen molar-refractivity contribution in [1.29, 1.82) is 0 Å².